The molecule has 0 bridgehead atoms. The van der Waals surface area contributed by atoms with Gasteiger partial charge in [-0.05, 0) is 43.5 Å². The van der Waals surface area contributed by atoms with Gasteiger partial charge in [0.05, 0.1) is 30.7 Å². The maximum atomic E-state index is 12.8. The number of carbonyl (C=O) groups is 3. The summed E-state index contributed by atoms with van der Waals surface area (Å²) in [7, 11) is 0. The Bertz CT molecular complexity index is 812. The Morgan fingerprint density at radius 1 is 1.09 bits per heavy atom. The Hall–Kier alpha value is -2.14. The zero-order valence-corrected chi connectivity index (χ0v) is 19.5. The SMILES string of the molecule is O=C(NC(=O)C1CCSC1NC(=O)C1CN2CCCCC2N1)OCCOCc1ccccc1. The molecule has 1 aromatic rings. The molecule has 4 rings (SSSR count). The summed E-state index contributed by atoms with van der Waals surface area (Å²) in [5.74, 6) is -0.222. The normalized spacial score (nSPS) is 27.0. The highest BCUT2D eigenvalue weighted by molar-refractivity contribution is 8.00. The van der Waals surface area contributed by atoms with Gasteiger partial charge in [-0.1, -0.05) is 30.3 Å². The number of ether oxygens (including phenoxy) is 2. The third-order valence-electron chi connectivity index (χ3n) is 6.25. The summed E-state index contributed by atoms with van der Waals surface area (Å²) in [5, 5.41) is 8.37. The summed E-state index contributed by atoms with van der Waals surface area (Å²) in [6.07, 6.45) is 3.49. The molecule has 4 atom stereocenters. The van der Waals surface area contributed by atoms with Crippen molar-refractivity contribution in [3.05, 3.63) is 35.9 Å². The molecule has 180 valence electrons. The van der Waals surface area contributed by atoms with Crippen LogP contribution in [0.2, 0.25) is 0 Å². The molecule has 33 heavy (non-hydrogen) atoms. The maximum absolute atomic E-state index is 12.8. The first-order chi connectivity index (χ1) is 16.1. The van der Waals surface area contributed by atoms with Crippen LogP contribution in [0.5, 0.6) is 0 Å². The third kappa shape index (κ3) is 6.69. The molecule has 0 spiro atoms. The molecule has 9 nitrogen and oxygen atoms in total. The Labute approximate surface area is 198 Å². The lowest BCUT2D eigenvalue weighted by Crippen LogP contribution is -2.50. The van der Waals surface area contributed by atoms with Gasteiger partial charge in [-0.25, -0.2) is 4.79 Å². The van der Waals surface area contributed by atoms with Crippen LogP contribution in [0.1, 0.15) is 31.2 Å². The second kappa shape index (κ2) is 11.8. The number of nitrogens with zero attached hydrogens (tertiary/aromatic N) is 1. The molecule has 0 aromatic heterocycles. The highest BCUT2D eigenvalue weighted by Crippen LogP contribution is 2.31. The van der Waals surface area contributed by atoms with Crippen LogP contribution in [0, 0.1) is 5.92 Å². The van der Waals surface area contributed by atoms with Crippen molar-refractivity contribution in [1.82, 2.24) is 20.9 Å². The summed E-state index contributed by atoms with van der Waals surface area (Å²) in [4.78, 5) is 39.7. The van der Waals surface area contributed by atoms with Crippen LogP contribution in [-0.4, -0.2) is 72.4 Å². The van der Waals surface area contributed by atoms with Crippen molar-refractivity contribution in [2.24, 2.45) is 5.92 Å². The highest BCUT2D eigenvalue weighted by atomic mass is 32.2. The second-order valence-corrected chi connectivity index (χ2v) is 9.83. The molecule has 0 saturated carbocycles. The lowest BCUT2D eigenvalue weighted by molar-refractivity contribution is -0.126. The molecule has 3 heterocycles. The van der Waals surface area contributed by atoms with Crippen molar-refractivity contribution in [1.29, 1.82) is 0 Å². The first-order valence-electron chi connectivity index (χ1n) is 11.6. The van der Waals surface area contributed by atoms with Crippen LogP contribution >= 0.6 is 11.8 Å². The number of imide groups is 1. The summed E-state index contributed by atoms with van der Waals surface area (Å²) in [6, 6.07) is 9.43. The van der Waals surface area contributed by atoms with Crippen molar-refractivity contribution in [3.63, 3.8) is 0 Å². The molecule has 3 aliphatic heterocycles. The van der Waals surface area contributed by atoms with Crippen molar-refractivity contribution in [3.8, 4) is 0 Å². The van der Waals surface area contributed by atoms with E-state index in [2.05, 4.69) is 20.9 Å². The zero-order valence-electron chi connectivity index (χ0n) is 18.7. The number of carbonyl (C=O) groups excluding carboxylic acids is 3. The Morgan fingerprint density at radius 2 is 1.94 bits per heavy atom. The minimum Gasteiger partial charge on any atom is -0.447 e. The van der Waals surface area contributed by atoms with Gasteiger partial charge < -0.3 is 14.8 Å². The van der Waals surface area contributed by atoms with Crippen LogP contribution in [0.3, 0.4) is 0 Å². The Balaban J connectivity index is 1.15. The van der Waals surface area contributed by atoms with Gasteiger partial charge >= 0.3 is 6.09 Å². The van der Waals surface area contributed by atoms with Gasteiger partial charge in [0.25, 0.3) is 0 Å². The van der Waals surface area contributed by atoms with Gasteiger partial charge in [-0.2, -0.15) is 0 Å². The van der Waals surface area contributed by atoms with E-state index in [4.69, 9.17) is 9.47 Å². The number of alkyl carbamates (subject to hydrolysis) is 1. The van der Waals surface area contributed by atoms with Crippen molar-refractivity contribution in [2.75, 3.05) is 32.1 Å². The van der Waals surface area contributed by atoms with E-state index in [-0.39, 0.29) is 36.7 Å². The number of amides is 3. The number of thioether (sulfide) groups is 1. The minimum absolute atomic E-state index is 0.0521. The van der Waals surface area contributed by atoms with E-state index in [1.807, 2.05) is 30.3 Å². The van der Waals surface area contributed by atoms with Crippen LogP contribution in [0.25, 0.3) is 0 Å². The fourth-order valence-electron chi connectivity index (χ4n) is 4.50. The monoisotopic (exact) mass is 476 g/mol. The molecule has 1 aromatic carbocycles. The molecule has 3 fully saturated rings. The van der Waals surface area contributed by atoms with Gasteiger partial charge in [0.2, 0.25) is 11.8 Å². The Kier molecular flexibility index (Phi) is 8.60. The first-order valence-corrected chi connectivity index (χ1v) is 12.7. The van der Waals surface area contributed by atoms with Gasteiger partial charge in [0.1, 0.15) is 12.6 Å². The van der Waals surface area contributed by atoms with Gasteiger partial charge in [-0.3, -0.25) is 25.1 Å². The molecule has 4 unspecified atom stereocenters. The summed E-state index contributed by atoms with van der Waals surface area (Å²) >= 11 is 1.53. The van der Waals surface area contributed by atoms with Crippen molar-refractivity contribution in [2.45, 2.75) is 49.9 Å². The maximum Gasteiger partial charge on any atom is 0.413 e. The summed E-state index contributed by atoms with van der Waals surface area (Å²) in [5.41, 5.74) is 1.03. The number of hydrogen-bond donors (Lipinski definition) is 3. The summed E-state index contributed by atoms with van der Waals surface area (Å²) in [6.45, 7) is 2.44. The standard InChI is InChI=1S/C23H32N4O5S/c28-20(26-23(30)32-12-11-31-15-16-6-2-1-3-7-16)17-9-13-33-22(17)25-21(29)18-14-27-10-5-4-8-19(27)24-18/h1-3,6-7,17-19,22,24H,4-5,8-15H2,(H,25,29)(H,26,28,30). The van der Waals surface area contributed by atoms with Gasteiger partial charge in [0, 0.05) is 6.54 Å². The molecular weight excluding hydrogens is 444 g/mol. The van der Waals surface area contributed by atoms with E-state index in [0.29, 0.717) is 19.6 Å². The molecule has 3 saturated heterocycles. The molecular formula is C23H32N4O5S. The van der Waals surface area contributed by atoms with Crippen molar-refractivity contribution < 1.29 is 23.9 Å². The van der Waals surface area contributed by atoms with Crippen LogP contribution < -0.4 is 16.0 Å². The number of nitrogens with one attached hydrogen (secondary N) is 3. The minimum atomic E-state index is -0.792. The topological polar surface area (TPSA) is 109 Å². The molecule has 0 radical (unpaired) electrons. The largest absolute Gasteiger partial charge is 0.447 e. The van der Waals surface area contributed by atoms with Crippen LogP contribution in [-0.2, 0) is 25.7 Å². The van der Waals surface area contributed by atoms with Crippen LogP contribution in [0.15, 0.2) is 30.3 Å². The fourth-order valence-corrected chi connectivity index (χ4v) is 5.84. The second-order valence-electron chi connectivity index (χ2n) is 8.58. The smallest absolute Gasteiger partial charge is 0.413 e. The van der Waals surface area contributed by atoms with E-state index in [1.165, 1.54) is 24.6 Å². The van der Waals surface area contributed by atoms with E-state index < -0.39 is 17.9 Å². The third-order valence-corrected chi connectivity index (χ3v) is 7.53. The fraction of sp³-hybridized carbons (Fsp3) is 0.609. The van der Waals surface area contributed by atoms with Gasteiger partial charge in [-0.15, -0.1) is 11.8 Å². The quantitative estimate of drug-likeness (QED) is 0.484. The molecule has 0 aliphatic carbocycles. The molecule has 3 N–H and O–H groups in total. The summed E-state index contributed by atoms with van der Waals surface area (Å²) < 4.78 is 10.5. The predicted molar refractivity (Wildman–Crippen MR) is 124 cm³/mol. The molecule has 3 aliphatic rings. The molecule has 3 amide bonds. The lowest BCUT2D eigenvalue weighted by Gasteiger charge is -2.28. The number of benzene rings is 1. The van der Waals surface area contributed by atoms with E-state index >= 15 is 0 Å². The van der Waals surface area contributed by atoms with E-state index in [1.54, 1.807) is 0 Å². The number of hydrogen-bond acceptors (Lipinski definition) is 8. The average Bonchev–Trinajstić information content (AvgIpc) is 3.46. The number of piperidine rings is 1. The van der Waals surface area contributed by atoms with Gasteiger partial charge in [0.15, 0.2) is 0 Å². The number of fused-ring (bicyclic) bond motifs is 1. The zero-order chi connectivity index (χ0) is 23.0. The Morgan fingerprint density at radius 3 is 2.76 bits per heavy atom. The molecule has 10 heteroatoms. The van der Waals surface area contributed by atoms with E-state index in [0.717, 1.165) is 24.3 Å². The predicted octanol–water partition coefficient (Wildman–Crippen LogP) is 1.44. The first kappa shape index (κ1) is 24.0. The number of rotatable bonds is 8. The lowest BCUT2D eigenvalue weighted by atomic mass is 10.1. The van der Waals surface area contributed by atoms with Crippen molar-refractivity contribution >= 4 is 29.7 Å². The van der Waals surface area contributed by atoms with E-state index in [9.17, 15) is 14.4 Å². The van der Waals surface area contributed by atoms with Crippen LogP contribution in [0.4, 0.5) is 4.79 Å². The average molecular weight is 477 g/mol. The highest BCUT2D eigenvalue weighted by Gasteiger charge is 2.40.